The van der Waals surface area contributed by atoms with E-state index in [2.05, 4.69) is 10.2 Å². The van der Waals surface area contributed by atoms with E-state index in [-0.39, 0.29) is 0 Å². The summed E-state index contributed by atoms with van der Waals surface area (Å²) in [7, 11) is 3.52. The third-order valence-electron chi connectivity index (χ3n) is 3.93. The van der Waals surface area contributed by atoms with Crippen LogP contribution in [0, 0.1) is 0 Å². The molecular weight excluding hydrogens is 274 g/mol. The number of nitrogens with zero attached hydrogens (tertiary/aromatic N) is 2. The molecule has 0 amide bonds. The summed E-state index contributed by atoms with van der Waals surface area (Å²) >= 11 is 1.80. The van der Waals surface area contributed by atoms with E-state index in [0.717, 1.165) is 42.9 Å². The standard InChI is InChI=1S/C14H23N3O2S/c1-18-9-12-13(7-15-10-3-4-10)20-14(16-12)17-6-5-11(8-17)19-2/h10-11,15H,3-9H2,1-2H3. The molecule has 0 radical (unpaired) electrons. The van der Waals surface area contributed by atoms with E-state index in [0.29, 0.717) is 12.7 Å². The minimum atomic E-state index is 0.345. The Balaban J connectivity index is 1.68. The molecule has 1 unspecified atom stereocenters. The van der Waals surface area contributed by atoms with Gasteiger partial charge in [-0.15, -0.1) is 11.3 Å². The summed E-state index contributed by atoms with van der Waals surface area (Å²) in [6.45, 7) is 3.50. The second-order valence-electron chi connectivity index (χ2n) is 5.55. The largest absolute Gasteiger partial charge is 0.380 e. The fourth-order valence-electron chi connectivity index (χ4n) is 2.51. The van der Waals surface area contributed by atoms with Crippen molar-refractivity contribution in [1.29, 1.82) is 0 Å². The smallest absolute Gasteiger partial charge is 0.186 e. The average Bonchev–Trinajstić information content (AvgIpc) is 3.01. The third kappa shape index (κ3) is 3.31. The first-order valence-electron chi connectivity index (χ1n) is 7.28. The van der Waals surface area contributed by atoms with Crippen LogP contribution in [0.4, 0.5) is 5.13 Å². The second-order valence-corrected chi connectivity index (χ2v) is 6.61. The molecule has 6 heteroatoms. The van der Waals surface area contributed by atoms with Crippen LogP contribution in [-0.2, 0) is 22.6 Å². The van der Waals surface area contributed by atoms with Crippen LogP contribution in [-0.4, -0.2) is 44.4 Å². The summed E-state index contributed by atoms with van der Waals surface area (Å²) in [5, 5.41) is 4.68. The van der Waals surface area contributed by atoms with Gasteiger partial charge in [-0.1, -0.05) is 0 Å². The quantitative estimate of drug-likeness (QED) is 0.831. The maximum absolute atomic E-state index is 5.43. The molecule has 2 aliphatic rings. The first-order chi connectivity index (χ1) is 9.80. The highest BCUT2D eigenvalue weighted by Crippen LogP contribution is 2.30. The summed E-state index contributed by atoms with van der Waals surface area (Å²) in [6, 6.07) is 0.723. The first-order valence-corrected chi connectivity index (χ1v) is 8.10. The summed E-state index contributed by atoms with van der Waals surface area (Å²) in [4.78, 5) is 8.42. The number of thiazole rings is 1. The molecular formula is C14H23N3O2S. The number of rotatable bonds is 7. The maximum atomic E-state index is 5.43. The highest BCUT2D eigenvalue weighted by atomic mass is 32.1. The number of hydrogen-bond donors (Lipinski definition) is 1. The fraction of sp³-hybridized carbons (Fsp3) is 0.786. The second kappa shape index (κ2) is 6.39. The van der Waals surface area contributed by atoms with Crippen LogP contribution in [0.5, 0.6) is 0 Å². The molecule has 1 saturated heterocycles. The van der Waals surface area contributed by atoms with Gasteiger partial charge in [0.1, 0.15) is 0 Å². The van der Waals surface area contributed by atoms with Crippen LogP contribution < -0.4 is 10.2 Å². The topological polar surface area (TPSA) is 46.6 Å². The van der Waals surface area contributed by atoms with Gasteiger partial charge in [-0.25, -0.2) is 4.98 Å². The van der Waals surface area contributed by atoms with Crippen molar-refractivity contribution in [1.82, 2.24) is 10.3 Å². The molecule has 1 aromatic rings. The molecule has 1 N–H and O–H groups in total. The summed E-state index contributed by atoms with van der Waals surface area (Å²) in [5.74, 6) is 0. The maximum Gasteiger partial charge on any atom is 0.186 e. The van der Waals surface area contributed by atoms with Crippen LogP contribution in [0.3, 0.4) is 0 Å². The van der Waals surface area contributed by atoms with Gasteiger partial charge in [0.15, 0.2) is 5.13 Å². The van der Waals surface area contributed by atoms with Gasteiger partial charge >= 0.3 is 0 Å². The van der Waals surface area contributed by atoms with E-state index < -0.39 is 0 Å². The van der Waals surface area contributed by atoms with E-state index >= 15 is 0 Å². The van der Waals surface area contributed by atoms with Crippen LogP contribution >= 0.6 is 11.3 Å². The zero-order valence-corrected chi connectivity index (χ0v) is 13.0. The molecule has 1 saturated carbocycles. The number of nitrogens with one attached hydrogen (secondary N) is 1. The average molecular weight is 297 g/mol. The molecule has 0 aromatic carbocycles. The summed E-state index contributed by atoms with van der Waals surface area (Å²) in [5.41, 5.74) is 1.08. The van der Waals surface area contributed by atoms with Crippen molar-refractivity contribution in [2.45, 2.75) is 44.6 Å². The Kier molecular flexibility index (Phi) is 4.55. The lowest BCUT2D eigenvalue weighted by atomic mass is 10.3. The van der Waals surface area contributed by atoms with Crippen LogP contribution in [0.1, 0.15) is 29.8 Å². The molecule has 1 atom stereocenters. The van der Waals surface area contributed by atoms with E-state index in [1.165, 1.54) is 17.7 Å². The Morgan fingerprint density at radius 1 is 1.35 bits per heavy atom. The highest BCUT2D eigenvalue weighted by molar-refractivity contribution is 7.15. The summed E-state index contributed by atoms with van der Waals surface area (Å²) in [6.07, 6.45) is 4.06. The molecule has 5 nitrogen and oxygen atoms in total. The lowest BCUT2D eigenvalue weighted by molar-refractivity contribution is 0.121. The Morgan fingerprint density at radius 3 is 2.85 bits per heavy atom. The van der Waals surface area contributed by atoms with Gasteiger partial charge in [0.05, 0.1) is 18.4 Å². The van der Waals surface area contributed by atoms with E-state index in [4.69, 9.17) is 14.5 Å². The van der Waals surface area contributed by atoms with E-state index in [9.17, 15) is 0 Å². The van der Waals surface area contributed by atoms with Crippen LogP contribution in [0.25, 0.3) is 0 Å². The predicted octanol–water partition coefficient (Wildman–Crippen LogP) is 1.77. The van der Waals surface area contributed by atoms with Crippen molar-refractivity contribution in [3.05, 3.63) is 10.6 Å². The lowest BCUT2D eigenvalue weighted by Gasteiger charge is -2.13. The SMILES string of the molecule is COCc1nc(N2CCC(OC)C2)sc1CNC1CC1. The van der Waals surface area contributed by atoms with Crippen molar-refractivity contribution in [3.63, 3.8) is 0 Å². The number of ether oxygens (including phenoxy) is 2. The minimum Gasteiger partial charge on any atom is -0.380 e. The van der Waals surface area contributed by atoms with E-state index in [1.54, 1.807) is 25.6 Å². The zero-order chi connectivity index (χ0) is 13.9. The monoisotopic (exact) mass is 297 g/mol. The minimum absolute atomic E-state index is 0.345. The Bertz CT molecular complexity index is 448. The van der Waals surface area contributed by atoms with Crippen molar-refractivity contribution >= 4 is 16.5 Å². The van der Waals surface area contributed by atoms with Gasteiger partial charge in [-0.2, -0.15) is 0 Å². The molecule has 1 aliphatic carbocycles. The highest BCUT2D eigenvalue weighted by Gasteiger charge is 2.26. The van der Waals surface area contributed by atoms with E-state index in [1.807, 2.05) is 0 Å². The molecule has 112 valence electrons. The van der Waals surface area contributed by atoms with Crippen LogP contribution in [0.15, 0.2) is 0 Å². The van der Waals surface area contributed by atoms with Gasteiger partial charge in [-0.3, -0.25) is 0 Å². The molecule has 1 aromatic heterocycles. The Hall–Kier alpha value is -0.690. The predicted molar refractivity (Wildman–Crippen MR) is 80.3 cm³/mol. The van der Waals surface area contributed by atoms with Crippen molar-refractivity contribution in [2.24, 2.45) is 0 Å². The zero-order valence-electron chi connectivity index (χ0n) is 12.2. The number of hydrogen-bond acceptors (Lipinski definition) is 6. The van der Waals surface area contributed by atoms with Gasteiger partial charge in [0.2, 0.25) is 0 Å². The molecule has 2 fully saturated rings. The molecule has 0 bridgehead atoms. The Labute approximate surface area is 124 Å². The molecule has 1 aliphatic heterocycles. The van der Waals surface area contributed by atoms with Crippen LogP contribution in [0.2, 0.25) is 0 Å². The molecule has 3 rings (SSSR count). The van der Waals surface area contributed by atoms with Gasteiger partial charge < -0.3 is 19.7 Å². The molecule has 0 spiro atoms. The molecule has 2 heterocycles. The first kappa shape index (κ1) is 14.3. The van der Waals surface area contributed by atoms with Crippen molar-refractivity contribution < 1.29 is 9.47 Å². The number of anilines is 1. The third-order valence-corrected chi connectivity index (χ3v) is 5.08. The normalized spacial score (nSPS) is 22.7. The van der Waals surface area contributed by atoms with Gasteiger partial charge in [-0.05, 0) is 19.3 Å². The van der Waals surface area contributed by atoms with Crippen molar-refractivity contribution in [3.8, 4) is 0 Å². The fourth-order valence-corrected chi connectivity index (χ4v) is 3.56. The number of aromatic nitrogens is 1. The number of methoxy groups -OCH3 is 2. The van der Waals surface area contributed by atoms with Gasteiger partial charge in [0, 0.05) is 44.8 Å². The Morgan fingerprint density at radius 2 is 2.20 bits per heavy atom. The van der Waals surface area contributed by atoms with Gasteiger partial charge in [0.25, 0.3) is 0 Å². The molecule has 20 heavy (non-hydrogen) atoms. The lowest BCUT2D eigenvalue weighted by Crippen LogP contribution is -2.21. The summed E-state index contributed by atoms with van der Waals surface area (Å²) < 4.78 is 10.7. The van der Waals surface area contributed by atoms with Crippen molar-refractivity contribution in [2.75, 3.05) is 32.2 Å².